The number of rotatable bonds is 7. The molecule has 11 heteroatoms. The zero-order valence-corrected chi connectivity index (χ0v) is 20.9. The Morgan fingerprint density at radius 3 is 1.92 bits per heavy atom. The summed E-state index contributed by atoms with van der Waals surface area (Å²) in [4.78, 5) is 45.4. The van der Waals surface area contributed by atoms with E-state index in [1.165, 1.54) is 34.8 Å². The van der Waals surface area contributed by atoms with E-state index in [2.05, 4.69) is 0 Å². The number of hydrogen-bond donors (Lipinski definition) is 0. The fourth-order valence-electron chi connectivity index (χ4n) is 2.59. The predicted molar refractivity (Wildman–Crippen MR) is 78.9 cm³/mol. The summed E-state index contributed by atoms with van der Waals surface area (Å²) in [5.74, 6) is -2.22. The molecule has 26 heavy (non-hydrogen) atoms. The molecular formula is C15H22HgO10. The Balaban J connectivity index is 3.15. The van der Waals surface area contributed by atoms with Crippen molar-refractivity contribution in [3.8, 4) is 0 Å². The molecule has 0 aromatic rings. The SMILES string of the molecule is COC1OC(COC(C)=O)C(OC(C)=O)C(OC(C)=O)[CH]1[Hg][O]C(C)=O. The maximum atomic E-state index is 11.6. The van der Waals surface area contributed by atoms with E-state index in [4.69, 9.17) is 26.3 Å². The van der Waals surface area contributed by atoms with Crippen LogP contribution in [0.25, 0.3) is 0 Å². The summed E-state index contributed by atoms with van der Waals surface area (Å²) in [7, 11) is 1.39. The summed E-state index contributed by atoms with van der Waals surface area (Å²) in [6.45, 7) is 4.69. The molecule has 0 amide bonds. The standard InChI is InChI=1S/C13H19O8.C2H4O2.Hg/c1-7(14)18-6-11-13(20-9(3)16)10(19-8(2)15)5-12(17-4)21-11;1-2(3)4;/h5,10-13H,6H2,1-4H3;1H3,(H,3,4);/q;;+1/p-1. The Morgan fingerprint density at radius 1 is 0.885 bits per heavy atom. The molecule has 0 aromatic heterocycles. The molecule has 0 radical (unpaired) electrons. The van der Waals surface area contributed by atoms with Gasteiger partial charge in [-0.3, -0.25) is 0 Å². The molecule has 5 atom stereocenters. The summed E-state index contributed by atoms with van der Waals surface area (Å²) in [5, 5.41) is 0. The van der Waals surface area contributed by atoms with Crippen molar-refractivity contribution in [1.82, 2.24) is 0 Å². The molecule has 144 valence electrons. The van der Waals surface area contributed by atoms with Gasteiger partial charge in [-0.05, 0) is 0 Å². The normalized spacial score (nSPS) is 27.7. The van der Waals surface area contributed by atoms with E-state index < -0.39 is 76.9 Å². The zero-order valence-electron chi connectivity index (χ0n) is 15.4. The van der Waals surface area contributed by atoms with Crippen LogP contribution in [-0.2, 0) is 70.5 Å². The molecule has 0 N–H and O–H groups in total. The second-order valence-corrected chi connectivity index (χ2v) is 11.8. The fourth-order valence-corrected chi connectivity index (χ4v) is 8.20. The number of hydrogen-bond acceptors (Lipinski definition) is 10. The van der Waals surface area contributed by atoms with Gasteiger partial charge in [-0.25, -0.2) is 0 Å². The minimum atomic E-state index is -2.48. The molecule has 1 heterocycles. The topological polar surface area (TPSA) is 124 Å². The molecule has 5 unspecified atom stereocenters. The quantitative estimate of drug-likeness (QED) is 0.240. The molecule has 1 saturated heterocycles. The third-order valence-electron chi connectivity index (χ3n) is 3.54. The van der Waals surface area contributed by atoms with E-state index in [0.717, 1.165) is 0 Å². The van der Waals surface area contributed by atoms with Gasteiger partial charge in [-0.2, -0.15) is 0 Å². The molecule has 1 aliphatic rings. The van der Waals surface area contributed by atoms with Gasteiger partial charge in [0.25, 0.3) is 0 Å². The van der Waals surface area contributed by atoms with Gasteiger partial charge in [0.15, 0.2) is 0 Å². The summed E-state index contributed by atoms with van der Waals surface area (Å²) >= 11 is -2.48. The molecule has 10 nitrogen and oxygen atoms in total. The number of esters is 3. The van der Waals surface area contributed by atoms with Crippen LogP contribution in [0.2, 0.25) is 3.43 Å². The summed E-state index contributed by atoms with van der Waals surface area (Å²) in [5.41, 5.74) is 0. The van der Waals surface area contributed by atoms with Crippen molar-refractivity contribution in [2.75, 3.05) is 13.7 Å². The first-order chi connectivity index (χ1) is 12.1. The number of carbonyl (C=O) groups excluding carboxylic acids is 4. The van der Waals surface area contributed by atoms with Gasteiger partial charge >= 0.3 is 164 Å². The van der Waals surface area contributed by atoms with Crippen LogP contribution in [0.15, 0.2) is 0 Å². The average Bonchev–Trinajstić information content (AvgIpc) is 2.52. The van der Waals surface area contributed by atoms with Crippen LogP contribution in [0, 0.1) is 0 Å². The second kappa shape index (κ2) is 10.8. The predicted octanol–water partition coefficient (Wildman–Crippen LogP) is 0.133. The molecular weight excluding hydrogens is 541 g/mol. The van der Waals surface area contributed by atoms with Gasteiger partial charge in [0, 0.05) is 0 Å². The second-order valence-electron chi connectivity index (χ2n) is 5.70. The Bertz CT molecular complexity index is 537. The van der Waals surface area contributed by atoms with Crippen molar-refractivity contribution in [3.63, 3.8) is 0 Å². The van der Waals surface area contributed by atoms with E-state index >= 15 is 0 Å². The third-order valence-corrected chi connectivity index (χ3v) is 10.6. The average molecular weight is 563 g/mol. The van der Waals surface area contributed by atoms with Crippen LogP contribution in [0.4, 0.5) is 0 Å². The van der Waals surface area contributed by atoms with Crippen LogP contribution in [0.3, 0.4) is 0 Å². The number of carbonyl (C=O) groups is 4. The van der Waals surface area contributed by atoms with Crippen molar-refractivity contribution in [2.45, 2.75) is 55.7 Å². The first kappa shape index (κ1) is 22.8. The minimum absolute atomic E-state index is 0.220. The first-order valence-electron chi connectivity index (χ1n) is 7.95. The molecule has 0 saturated carbocycles. The van der Waals surface area contributed by atoms with Crippen molar-refractivity contribution in [3.05, 3.63) is 0 Å². The molecule has 0 bridgehead atoms. The third kappa shape index (κ3) is 7.16. The molecule has 0 aliphatic carbocycles. The van der Waals surface area contributed by atoms with Crippen molar-refractivity contribution < 1.29 is 70.5 Å². The van der Waals surface area contributed by atoms with Crippen molar-refractivity contribution in [1.29, 1.82) is 0 Å². The van der Waals surface area contributed by atoms with E-state index in [9.17, 15) is 19.2 Å². The van der Waals surface area contributed by atoms with Gasteiger partial charge in [0.1, 0.15) is 0 Å². The summed E-state index contributed by atoms with van der Waals surface area (Å²) < 4.78 is 31.3. The van der Waals surface area contributed by atoms with Crippen molar-refractivity contribution >= 4 is 23.9 Å². The zero-order chi connectivity index (χ0) is 19.9. The van der Waals surface area contributed by atoms with Crippen LogP contribution in [0.5, 0.6) is 0 Å². The van der Waals surface area contributed by atoms with Crippen molar-refractivity contribution in [2.24, 2.45) is 0 Å². The molecule has 1 rings (SSSR count). The maximum absolute atomic E-state index is 11.6. The molecule has 0 spiro atoms. The Kier molecular flexibility index (Phi) is 9.44. The Labute approximate surface area is 163 Å². The molecule has 1 fully saturated rings. The monoisotopic (exact) mass is 564 g/mol. The van der Waals surface area contributed by atoms with Crippen LogP contribution in [-0.4, -0.2) is 62.2 Å². The van der Waals surface area contributed by atoms with Crippen LogP contribution >= 0.6 is 0 Å². The Hall–Kier alpha value is -1.26. The van der Waals surface area contributed by atoms with Crippen LogP contribution < -0.4 is 0 Å². The van der Waals surface area contributed by atoms with Gasteiger partial charge in [-0.1, -0.05) is 0 Å². The van der Waals surface area contributed by atoms with E-state index in [1.807, 2.05) is 0 Å². The van der Waals surface area contributed by atoms with Gasteiger partial charge < -0.3 is 0 Å². The summed E-state index contributed by atoms with van der Waals surface area (Å²) in [6, 6.07) is 0. The van der Waals surface area contributed by atoms with Gasteiger partial charge in [0.2, 0.25) is 0 Å². The van der Waals surface area contributed by atoms with Crippen LogP contribution in [0.1, 0.15) is 27.7 Å². The molecule has 0 aromatic carbocycles. The van der Waals surface area contributed by atoms with E-state index in [1.54, 1.807) is 0 Å². The fraction of sp³-hybridized carbons (Fsp3) is 0.733. The molecule has 1 aliphatic heterocycles. The van der Waals surface area contributed by atoms with Gasteiger partial charge in [-0.15, -0.1) is 0 Å². The van der Waals surface area contributed by atoms with Gasteiger partial charge in [0.05, 0.1) is 0 Å². The number of ether oxygens (including phenoxy) is 5. The number of methoxy groups -OCH3 is 1. The Morgan fingerprint density at radius 2 is 1.46 bits per heavy atom. The van der Waals surface area contributed by atoms with E-state index in [-0.39, 0.29) is 6.61 Å². The first-order valence-corrected chi connectivity index (χ1v) is 13.4. The summed E-state index contributed by atoms with van der Waals surface area (Å²) in [6.07, 6.45) is -3.72. The van der Waals surface area contributed by atoms with E-state index in [0.29, 0.717) is 0 Å².